The summed E-state index contributed by atoms with van der Waals surface area (Å²) in [4.78, 5) is 17.6. The van der Waals surface area contributed by atoms with Crippen molar-refractivity contribution in [2.45, 2.75) is 6.92 Å². The van der Waals surface area contributed by atoms with E-state index in [9.17, 15) is 0 Å². The summed E-state index contributed by atoms with van der Waals surface area (Å²) in [7, 11) is 3.37. The van der Waals surface area contributed by atoms with Crippen LogP contribution in [-0.2, 0) is 0 Å². The van der Waals surface area contributed by atoms with Crippen LogP contribution in [0.2, 0.25) is 0 Å². The molecule has 2 aromatic heterocycles. The molecule has 142 valence electrons. The Morgan fingerprint density at radius 2 is 2.22 bits per heavy atom. The second-order valence-electron chi connectivity index (χ2n) is 5.95. The number of hydrogen-bond donors (Lipinski definition) is 4. The summed E-state index contributed by atoms with van der Waals surface area (Å²) in [6.45, 7) is 4.15. The maximum atomic E-state index is 5.99. The lowest BCUT2D eigenvalue weighted by atomic mass is 10.3. The van der Waals surface area contributed by atoms with Crippen molar-refractivity contribution >= 4 is 35.3 Å². The van der Waals surface area contributed by atoms with Crippen LogP contribution in [0.4, 0.5) is 23.1 Å². The highest BCUT2D eigenvalue weighted by Gasteiger charge is 2.13. The van der Waals surface area contributed by atoms with E-state index in [1.54, 1.807) is 19.6 Å². The van der Waals surface area contributed by atoms with Gasteiger partial charge in [0, 0.05) is 31.4 Å². The molecule has 5 N–H and O–H groups in total. The van der Waals surface area contributed by atoms with E-state index in [0.717, 1.165) is 30.4 Å². The summed E-state index contributed by atoms with van der Waals surface area (Å²) in [5, 5.41) is 9.36. The van der Waals surface area contributed by atoms with Gasteiger partial charge >= 0.3 is 0 Å². The number of aromatic nitrogens is 3. The average molecular weight is 370 g/mol. The van der Waals surface area contributed by atoms with Crippen LogP contribution in [0.15, 0.2) is 23.3 Å². The van der Waals surface area contributed by atoms with E-state index in [1.807, 2.05) is 30.7 Å². The van der Waals surface area contributed by atoms with Crippen LogP contribution in [0, 0.1) is 6.92 Å². The lowest BCUT2D eigenvalue weighted by molar-refractivity contribution is -0.402. The fraction of sp³-hybridized carbons (Fsp3) is 0.353. The first-order valence-corrected chi connectivity index (χ1v) is 8.56. The van der Waals surface area contributed by atoms with Gasteiger partial charge in [-0.25, -0.2) is 14.5 Å². The number of rotatable bonds is 6. The number of hydrogen-bond acceptors (Lipinski definition) is 9. The monoisotopic (exact) mass is 370 g/mol. The molecule has 1 aliphatic heterocycles. The first-order valence-electron chi connectivity index (χ1n) is 8.56. The molecule has 2 aromatic rings. The largest absolute Gasteiger partial charge is 0.478 e. The number of ether oxygens (including phenoxy) is 1. The topological polar surface area (TPSA) is 125 Å². The number of aryl methyl sites for hydroxylation is 1. The zero-order chi connectivity index (χ0) is 19.2. The predicted molar refractivity (Wildman–Crippen MR) is 106 cm³/mol. The van der Waals surface area contributed by atoms with Crippen molar-refractivity contribution in [3.05, 3.63) is 24.0 Å². The number of pyridine rings is 1. The third kappa shape index (κ3) is 4.67. The van der Waals surface area contributed by atoms with Gasteiger partial charge in [0.15, 0.2) is 0 Å². The van der Waals surface area contributed by atoms with Gasteiger partial charge in [-0.3, -0.25) is 0 Å². The molecule has 0 radical (unpaired) electrons. The van der Waals surface area contributed by atoms with Crippen molar-refractivity contribution in [3.8, 4) is 5.88 Å². The van der Waals surface area contributed by atoms with E-state index in [-0.39, 0.29) is 0 Å². The molecule has 0 spiro atoms. The SMILES string of the molecule is CNc1cc(C)nc(Nc2cnc(OC)c(N=C[N+]3=C(N)CNCC3)c2)n1. The van der Waals surface area contributed by atoms with Crippen LogP contribution in [0.25, 0.3) is 0 Å². The van der Waals surface area contributed by atoms with Crippen LogP contribution >= 0.6 is 0 Å². The maximum absolute atomic E-state index is 5.99. The second kappa shape index (κ2) is 8.41. The van der Waals surface area contributed by atoms with E-state index in [2.05, 4.69) is 35.9 Å². The Morgan fingerprint density at radius 1 is 1.37 bits per heavy atom. The molecule has 3 rings (SSSR count). The molecule has 0 atom stereocenters. The van der Waals surface area contributed by atoms with Gasteiger partial charge in [0.05, 0.1) is 32.1 Å². The Labute approximate surface area is 157 Å². The summed E-state index contributed by atoms with van der Waals surface area (Å²) in [6, 6.07) is 3.69. The standard InChI is InChI=1S/C17H23N9O/c1-11-6-15(19-2)25-17(23-11)24-12-7-13(16(27-3)21-8-12)22-10-26-5-4-20-9-14(26)18/h6-8,10,18,20H,4-5,9H2,1-3H3,(H2,19,23,24,25)/p+1. The Bertz CT molecular complexity index is 879. The molecule has 27 heavy (non-hydrogen) atoms. The quantitative estimate of drug-likeness (QED) is 0.331. The fourth-order valence-electron chi connectivity index (χ4n) is 2.57. The average Bonchev–Trinajstić information content (AvgIpc) is 2.67. The van der Waals surface area contributed by atoms with Gasteiger partial charge in [0.25, 0.3) is 5.88 Å². The Kier molecular flexibility index (Phi) is 5.77. The van der Waals surface area contributed by atoms with Gasteiger partial charge in [-0.15, -0.1) is 4.99 Å². The first-order chi connectivity index (χ1) is 13.1. The maximum Gasteiger partial charge on any atom is 0.257 e. The van der Waals surface area contributed by atoms with Crippen molar-refractivity contribution in [1.29, 1.82) is 0 Å². The Hall–Kier alpha value is -3.27. The van der Waals surface area contributed by atoms with E-state index in [0.29, 0.717) is 29.7 Å². The molecule has 10 heteroatoms. The van der Waals surface area contributed by atoms with Gasteiger partial charge < -0.3 is 26.4 Å². The van der Waals surface area contributed by atoms with Crippen molar-refractivity contribution in [2.75, 3.05) is 44.4 Å². The number of nitrogens with one attached hydrogen (secondary N) is 3. The lowest BCUT2D eigenvalue weighted by Gasteiger charge is -2.13. The highest BCUT2D eigenvalue weighted by molar-refractivity contribution is 5.81. The van der Waals surface area contributed by atoms with Gasteiger partial charge in [-0.05, 0) is 6.92 Å². The fourth-order valence-corrected chi connectivity index (χ4v) is 2.57. The van der Waals surface area contributed by atoms with Crippen molar-refractivity contribution in [2.24, 2.45) is 10.7 Å². The van der Waals surface area contributed by atoms with Crippen molar-refractivity contribution in [3.63, 3.8) is 0 Å². The Morgan fingerprint density at radius 3 is 2.96 bits per heavy atom. The third-order valence-corrected chi connectivity index (χ3v) is 3.93. The minimum Gasteiger partial charge on any atom is -0.478 e. The van der Waals surface area contributed by atoms with Crippen LogP contribution in [0.5, 0.6) is 5.88 Å². The number of nitrogens with two attached hydrogens (primary N) is 1. The molecular weight excluding hydrogens is 346 g/mol. The number of aliphatic imine (C=N–C) groups is 1. The summed E-state index contributed by atoms with van der Waals surface area (Å²) in [6.07, 6.45) is 3.34. The van der Waals surface area contributed by atoms with Crippen LogP contribution in [0.3, 0.4) is 0 Å². The molecule has 0 amide bonds. The van der Waals surface area contributed by atoms with Crippen LogP contribution < -0.4 is 26.4 Å². The van der Waals surface area contributed by atoms with Gasteiger partial charge in [0.1, 0.15) is 5.82 Å². The van der Waals surface area contributed by atoms with Crippen LogP contribution in [-0.4, -0.2) is 65.5 Å². The Balaban J connectivity index is 1.86. The van der Waals surface area contributed by atoms with Crippen molar-refractivity contribution < 1.29 is 9.31 Å². The number of amidine groups is 1. The van der Waals surface area contributed by atoms with Crippen molar-refractivity contribution in [1.82, 2.24) is 20.3 Å². The molecular formula is C17H24N9O+. The first kappa shape index (κ1) is 18.5. The molecule has 0 aromatic carbocycles. The minimum absolute atomic E-state index is 0.423. The van der Waals surface area contributed by atoms with E-state index >= 15 is 0 Å². The molecule has 0 aliphatic carbocycles. The molecule has 0 bridgehead atoms. The molecule has 3 heterocycles. The molecule has 10 nitrogen and oxygen atoms in total. The molecule has 0 unspecified atom stereocenters. The van der Waals surface area contributed by atoms with Crippen LogP contribution in [0.1, 0.15) is 5.69 Å². The van der Waals surface area contributed by atoms with E-state index < -0.39 is 0 Å². The zero-order valence-corrected chi connectivity index (χ0v) is 15.7. The molecule has 1 aliphatic rings. The summed E-state index contributed by atoms with van der Waals surface area (Å²) in [5.41, 5.74) is 8.12. The summed E-state index contributed by atoms with van der Waals surface area (Å²) >= 11 is 0. The predicted octanol–water partition coefficient (Wildman–Crippen LogP) is 0.607. The number of methoxy groups -OCH3 is 1. The highest BCUT2D eigenvalue weighted by atomic mass is 16.5. The van der Waals surface area contributed by atoms with E-state index in [1.165, 1.54) is 0 Å². The molecule has 0 saturated heterocycles. The smallest absolute Gasteiger partial charge is 0.257 e. The summed E-state index contributed by atoms with van der Waals surface area (Å²) in [5.74, 6) is 2.35. The van der Waals surface area contributed by atoms with Gasteiger partial charge in [-0.1, -0.05) is 0 Å². The van der Waals surface area contributed by atoms with E-state index in [4.69, 9.17) is 10.5 Å². The molecule has 0 fully saturated rings. The molecule has 0 saturated carbocycles. The highest BCUT2D eigenvalue weighted by Crippen LogP contribution is 2.28. The third-order valence-electron chi connectivity index (χ3n) is 3.93. The lowest BCUT2D eigenvalue weighted by Crippen LogP contribution is -2.45. The zero-order valence-electron chi connectivity index (χ0n) is 15.7. The summed E-state index contributed by atoms with van der Waals surface area (Å²) < 4.78 is 7.21. The second-order valence-corrected chi connectivity index (χ2v) is 5.95. The van der Waals surface area contributed by atoms with Gasteiger partial charge in [0.2, 0.25) is 23.8 Å². The number of nitrogens with zero attached hydrogens (tertiary/aromatic N) is 5. The van der Waals surface area contributed by atoms with Gasteiger partial charge in [-0.2, -0.15) is 4.98 Å². The number of anilines is 3. The normalized spacial score (nSPS) is 14.5. The minimum atomic E-state index is 0.423.